The van der Waals surface area contributed by atoms with Crippen LogP contribution in [-0.4, -0.2) is 32.8 Å². The molecule has 3 nitrogen and oxygen atoms in total. The molecule has 0 amide bonds. The summed E-state index contributed by atoms with van der Waals surface area (Å²) in [5.74, 6) is -0.130. The van der Waals surface area contributed by atoms with Crippen molar-refractivity contribution < 1.29 is 9.13 Å². The summed E-state index contributed by atoms with van der Waals surface area (Å²) in [7, 11) is 0. The van der Waals surface area contributed by atoms with E-state index in [-0.39, 0.29) is 11.2 Å². The number of nitrogens with two attached hydrogens (primary N) is 1. The van der Waals surface area contributed by atoms with Crippen LogP contribution in [0.1, 0.15) is 5.56 Å². The molecule has 0 radical (unpaired) electrons. The van der Waals surface area contributed by atoms with E-state index in [0.29, 0.717) is 13.0 Å². The van der Waals surface area contributed by atoms with E-state index in [4.69, 9.17) is 10.5 Å². The minimum Gasteiger partial charge on any atom is -0.380 e. The van der Waals surface area contributed by atoms with Gasteiger partial charge in [0.1, 0.15) is 5.82 Å². The van der Waals surface area contributed by atoms with Gasteiger partial charge in [-0.2, -0.15) is 0 Å². The molecule has 1 saturated heterocycles. The van der Waals surface area contributed by atoms with Crippen molar-refractivity contribution in [1.29, 1.82) is 0 Å². The first-order chi connectivity index (χ1) is 8.26. The summed E-state index contributed by atoms with van der Waals surface area (Å²) in [6, 6.07) is 6.89. The van der Waals surface area contributed by atoms with Gasteiger partial charge in [0.15, 0.2) is 0 Å². The maximum absolute atomic E-state index is 13.3. The van der Waals surface area contributed by atoms with E-state index in [1.807, 2.05) is 12.1 Å². The van der Waals surface area contributed by atoms with Gasteiger partial charge >= 0.3 is 0 Å². The van der Waals surface area contributed by atoms with Crippen molar-refractivity contribution >= 4 is 0 Å². The lowest BCUT2D eigenvalue weighted by atomic mass is 9.86. The molecule has 1 aromatic carbocycles. The molecule has 0 saturated carbocycles. The van der Waals surface area contributed by atoms with Gasteiger partial charge in [0.05, 0.1) is 13.2 Å². The van der Waals surface area contributed by atoms with Crippen LogP contribution < -0.4 is 11.1 Å². The van der Waals surface area contributed by atoms with Crippen molar-refractivity contribution in [3.05, 3.63) is 35.6 Å². The van der Waals surface area contributed by atoms with Crippen LogP contribution >= 0.6 is 0 Å². The molecule has 0 aromatic heterocycles. The normalized spacial score (nSPS) is 17.8. The topological polar surface area (TPSA) is 47.3 Å². The van der Waals surface area contributed by atoms with Crippen molar-refractivity contribution in [3.63, 3.8) is 0 Å². The van der Waals surface area contributed by atoms with Gasteiger partial charge in [0.25, 0.3) is 0 Å². The second-order valence-corrected chi connectivity index (χ2v) is 4.72. The third-order valence-electron chi connectivity index (χ3n) is 3.28. The Hall–Kier alpha value is -0.970. The third kappa shape index (κ3) is 3.03. The third-order valence-corrected chi connectivity index (χ3v) is 3.28. The van der Waals surface area contributed by atoms with Gasteiger partial charge < -0.3 is 15.8 Å². The minimum atomic E-state index is -0.130. The Morgan fingerprint density at radius 2 is 2.12 bits per heavy atom. The fourth-order valence-electron chi connectivity index (χ4n) is 1.96. The van der Waals surface area contributed by atoms with Crippen LogP contribution in [0, 0.1) is 11.2 Å². The van der Waals surface area contributed by atoms with Gasteiger partial charge in [0.2, 0.25) is 0 Å². The average molecular weight is 238 g/mol. The summed E-state index contributed by atoms with van der Waals surface area (Å²) in [5, 5.41) is 3.33. The predicted molar refractivity (Wildman–Crippen MR) is 65.3 cm³/mol. The molecule has 0 aliphatic carbocycles. The molecule has 4 heteroatoms. The molecule has 0 unspecified atom stereocenters. The first-order valence-electron chi connectivity index (χ1n) is 5.98. The van der Waals surface area contributed by atoms with Crippen LogP contribution in [0.2, 0.25) is 0 Å². The van der Waals surface area contributed by atoms with Gasteiger partial charge in [-0.3, -0.25) is 0 Å². The molecule has 2 rings (SSSR count). The zero-order valence-electron chi connectivity index (χ0n) is 9.92. The van der Waals surface area contributed by atoms with Crippen molar-refractivity contribution in [1.82, 2.24) is 5.32 Å². The molecule has 0 spiro atoms. The molecular formula is C13H19FN2O. The van der Waals surface area contributed by atoms with Crippen molar-refractivity contribution in [2.45, 2.75) is 6.42 Å². The Bertz CT molecular complexity index is 361. The fraction of sp³-hybridized carbons (Fsp3) is 0.538. The number of hydrogen-bond donors (Lipinski definition) is 2. The Morgan fingerprint density at radius 3 is 2.71 bits per heavy atom. The quantitative estimate of drug-likeness (QED) is 0.725. The summed E-state index contributed by atoms with van der Waals surface area (Å²) < 4.78 is 18.5. The highest BCUT2D eigenvalue weighted by molar-refractivity contribution is 5.17. The first kappa shape index (κ1) is 12.5. The maximum Gasteiger partial charge on any atom is 0.126 e. The molecule has 17 heavy (non-hydrogen) atoms. The number of hydrogen-bond acceptors (Lipinski definition) is 3. The number of halogens is 1. The summed E-state index contributed by atoms with van der Waals surface area (Å²) in [5.41, 5.74) is 6.57. The second-order valence-electron chi connectivity index (χ2n) is 4.72. The van der Waals surface area contributed by atoms with E-state index in [1.165, 1.54) is 6.07 Å². The number of nitrogens with one attached hydrogen (secondary N) is 1. The summed E-state index contributed by atoms with van der Waals surface area (Å²) >= 11 is 0. The van der Waals surface area contributed by atoms with E-state index < -0.39 is 0 Å². The second kappa shape index (κ2) is 5.58. The summed E-state index contributed by atoms with van der Waals surface area (Å²) in [4.78, 5) is 0. The first-order valence-corrected chi connectivity index (χ1v) is 5.98. The van der Waals surface area contributed by atoms with Gasteiger partial charge in [-0.05, 0) is 24.6 Å². The van der Waals surface area contributed by atoms with Gasteiger partial charge in [-0.25, -0.2) is 4.39 Å². The van der Waals surface area contributed by atoms with Crippen molar-refractivity contribution in [3.8, 4) is 0 Å². The Balaban J connectivity index is 1.71. The van der Waals surface area contributed by atoms with Crippen LogP contribution in [0.5, 0.6) is 0 Å². The smallest absolute Gasteiger partial charge is 0.126 e. The zero-order valence-corrected chi connectivity index (χ0v) is 9.92. The molecule has 3 N–H and O–H groups in total. The molecule has 0 atom stereocenters. The van der Waals surface area contributed by atoms with Crippen LogP contribution in [0.4, 0.5) is 4.39 Å². The molecular weight excluding hydrogens is 219 g/mol. The van der Waals surface area contributed by atoms with E-state index in [1.54, 1.807) is 6.07 Å². The predicted octanol–water partition coefficient (Wildman–Crippen LogP) is 0.933. The van der Waals surface area contributed by atoms with Crippen LogP contribution in [0.25, 0.3) is 0 Å². The van der Waals surface area contributed by atoms with E-state index >= 15 is 0 Å². The van der Waals surface area contributed by atoms with Gasteiger partial charge in [-0.15, -0.1) is 0 Å². The Morgan fingerprint density at radius 1 is 1.35 bits per heavy atom. The number of benzene rings is 1. The van der Waals surface area contributed by atoms with E-state index in [9.17, 15) is 4.39 Å². The van der Waals surface area contributed by atoms with Crippen molar-refractivity contribution in [2.75, 3.05) is 32.8 Å². The molecule has 1 aromatic rings. The van der Waals surface area contributed by atoms with Gasteiger partial charge in [0, 0.05) is 18.5 Å². The van der Waals surface area contributed by atoms with E-state index in [0.717, 1.165) is 31.9 Å². The van der Waals surface area contributed by atoms with Gasteiger partial charge in [-0.1, -0.05) is 18.2 Å². The largest absolute Gasteiger partial charge is 0.380 e. The van der Waals surface area contributed by atoms with Crippen LogP contribution in [0.15, 0.2) is 24.3 Å². The molecule has 1 heterocycles. The van der Waals surface area contributed by atoms with Crippen molar-refractivity contribution in [2.24, 2.45) is 11.1 Å². The number of rotatable bonds is 6. The lowest BCUT2D eigenvalue weighted by molar-refractivity contribution is -0.104. The highest BCUT2D eigenvalue weighted by atomic mass is 19.1. The highest BCUT2D eigenvalue weighted by Crippen LogP contribution is 2.24. The number of ether oxygens (including phenoxy) is 1. The molecule has 1 aliphatic rings. The lowest BCUT2D eigenvalue weighted by Crippen LogP contribution is -2.54. The monoisotopic (exact) mass is 238 g/mol. The van der Waals surface area contributed by atoms with Crippen LogP contribution in [-0.2, 0) is 11.2 Å². The summed E-state index contributed by atoms with van der Waals surface area (Å²) in [6.07, 6.45) is 0.703. The maximum atomic E-state index is 13.3. The van der Waals surface area contributed by atoms with Crippen LogP contribution in [0.3, 0.4) is 0 Å². The van der Waals surface area contributed by atoms with E-state index in [2.05, 4.69) is 5.32 Å². The lowest BCUT2D eigenvalue weighted by Gasteiger charge is -2.40. The minimum absolute atomic E-state index is 0.106. The molecule has 1 aliphatic heterocycles. The molecule has 0 bridgehead atoms. The fourth-order valence-corrected chi connectivity index (χ4v) is 1.96. The Kier molecular flexibility index (Phi) is 4.10. The Labute approximate surface area is 101 Å². The molecule has 1 fully saturated rings. The molecule has 94 valence electrons. The standard InChI is InChI=1S/C13H19FN2O/c14-12-4-2-1-3-11(12)5-6-16-8-13(7-15)9-17-10-13/h1-4,16H,5-10,15H2. The average Bonchev–Trinajstić information content (AvgIpc) is 2.29. The summed E-state index contributed by atoms with van der Waals surface area (Å²) in [6.45, 7) is 3.72. The SMILES string of the molecule is NCC1(CNCCc2ccccc2F)COC1. The zero-order chi connectivity index (χ0) is 12.1. The highest BCUT2D eigenvalue weighted by Gasteiger charge is 2.36.